The molecule has 0 aliphatic carbocycles. The number of para-hydroxylation sites is 1. The van der Waals surface area contributed by atoms with Crippen molar-refractivity contribution in [2.45, 2.75) is 33.2 Å². The Balaban J connectivity index is 2.50. The molecule has 0 aliphatic heterocycles. The molecule has 0 aromatic heterocycles. The van der Waals surface area contributed by atoms with Gasteiger partial charge in [-0.1, -0.05) is 32.0 Å². The van der Waals surface area contributed by atoms with Gasteiger partial charge in [-0.3, -0.25) is 4.79 Å². The van der Waals surface area contributed by atoms with Crippen molar-refractivity contribution in [1.82, 2.24) is 5.32 Å². The maximum absolute atomic E-state index is 11.7. The number of carbonyl (C=O) groups excluding carboxylic acids is 1. The topological polar surface area (TPSA) is 64.3 Å². The van der Waals surface area contributed by atoms with Gasteiger partial charge in [0.05, 0.1) is 0 Å². The summed E-state index contributed by atoms with van der Waals surface area (Å²) in [5, 5.41) is 2.91. The van der Waals surface area contributed by atoms with E-state index in [9.17, 15) is 4.79 Å². The lowest BCUT2D eigenvalue weighted by atomic mass is 10.1. The molecule has 0 saturated heterocycles. The highest BCUT2D eigenvalue weighted by Crippen LogP contribution is 2.17. The van der Waals surface area contributed by atoms with Gasteiger partial charge in [0.1, 0.15) is 5.75 Å². The molecule has 1 rings (SSSR count). The second-order valence-corrected chi connectivity index (χ2v) is 5.04. The molecule has 0 spiro atoms. The zero-order valence-electron chi connectivity index (χ0n) is 12.0. The predicted molar refractivity (Wildman–Crippen MR) is 77.1 cm³/mol. The van der Waals surface area contributed by atoms with E-state index < -0.39 is 0 Å². The van der Waals surface area contributed by atoms with Crippen molar-refractivity contribution in [3.63, 3.8) is 0 Å². The summed E-state index contributed by atoms with van der Waals surface area (Å²) in [6.07, 6.45) is 0.750. The molecule has 1 aromatic carbocycles. The average Bonchev–Trinajstić information content (AvgIpc) is 2.38. The highest BCUT2D eigenvalue weighted by atomic mass is 16.5. The number of nitrogens with two attached hydrogens (primary N) is 1. The first-order chi connectivity index (χ1) is 9.04. The Morgan fingerprint density at radius 1 is 1.32 bits per heavy atom. The van der Waals surface area contributed by atoms with Crippen LogP contribution in [0, 0.1) is 5.92 Å². The van der Waals surface area contributed by atoms with Crippen molar-refractivity contribution >= 4 is 5.91 Å². The van der Waals surface area contributed by atoms with Gasteiger partial charge in [-0.15, -0.1) is 0 Å². The van der Waals surface area contributed by atoms with Gasteiger partial charge in [-0.05, 0) is 37.4 Å². The molecule has 0 aliphatic rings. The molecule has 0 fully saturated rings. The van der Waals surface area contributed by atoms with E-state index in [0.29, 0.717) is 12.5 Å². The summed E-state index contributed by atoms with van der Waals surface area (Å²) in [6, 6.07) is 7.82. The number of hydrogen-bond donors (Lipinski definition) is 2. The zero-order chi connectivity index (χ0) is 14.3. The van der Waals surface area contributed by atoms with Crippen LogP contribution in [0.2, 0.25) is 0 Å². The second-order valence-electron chi connectivity index (χ2n) is 5.04. The summed E-state index contributed by atoms with van der Waals surface area (Å²) in [6.45, 7) is 6.74. The van der Waals surface area contributed by atoms with E-state index in [4.69, 9.17) is 10.5 Å². The molecular formula is C15H24N2O2. The molecule has 1 atom stereocenters. The molecule has 4 nitrogen and oxygen atoms in total. The quantitative estimate of drug-likeness (QED) is 0.788. The highest BCUT2D eigenvalue weighted by Gasteiger charge is 2.11. The normalized spacial score (nSPS) is 12.3. The fourth-order valence-corrected chi connectivity index (χ4v) is 1.61. The molecule has 0 radical (unpaired) electrons. The molecular weight excluding hydrogens is 240 g/mol. The maximum atomic E-state index is 11.7. The van der Waals surface area contributed by atoms with Crippen LogP contribution in [0.15, 0.2) is 24.3 Å². The van der Waals surface area contributed by atoms with Gasteiger partial charge in [0.25, 0.3) is 5.91 Å². The Hall–Kier alpha value is -1.55. The minimum atomic E-state index is -0.0937. The van der Waals surface area contributed by atoms with Gasteiger partial charge in [0.2, 0.25) is 0 Å². The lowest BCUT2D eigenvalue weighted by Crippen LogP contribution is -2.39. The molecule has 1 unspecified atom stereocenters. The van der Waals surface area contributed by atoms with Crippen LogP contribution < -0.4 is 15.8 Å². The summed E-state index contributed by atoms with van der Waals surface area (Å²) in [7, 11) is 0. The van der Waals surface area contributed by atoms with Crippen molar-refractivity contribution in [2.24, 2.45) is 11.7 Å². The van der Waals surface area contributed by atoms with Crippen LogP contribution in [0.3, 0.4) is 0 Å². The van der Waals surface area contributed by atoms with Gasteiger partial charge in [0.15, 0.2) is 6.61 Å². The monoisotopic (exact) mass is 264 g/mol. The third-order valence-corrected chi connectivity index (χ3v) is 3.13. The SMILES string of the molecule is CC(C)C(C)NC(=O)COc1ccccc1CCN. The van der Waals surface area contributed by atoms with Crippen LogP contribution >= 0.6 is 0 Å². The summed E-state index contributed by atoms with van der Waals surface area (Å²) in [4.78, 5) is 11.7. The van der Waals surface area contributed by atoms with Gasteiger partial charge in [0, 0.05) is 6.04 Å². The van der Waals surface area contributed by atoms with Gasteiger partial charge in [-0.2, -0.15) is 0 Å². The zero-order valence-corrected chi connectivity index (χ0v) is 12.0. The third-order valence-electron chi connectivity index (χ3n) is 3.13. The van der Waals surface area contributed by atoms with Crippen LogP contribution in [0.25, 0.3) is 0 Å². The number of carbonyl (C=O) groups is 1. The molecule has 4 heteroatoms. The van der Waals surface area contributed by atoms with Gasteiger partial charge >= 0.3 is 0 Å². The fraction of sp³-hybridized carbons (Fsp3) is 0.533. The molecule has 0 heterocycles. The van der Waals surface area contributed by atoms with Crippen LogP contribution in [0.4, 0.5) is 0 Å². The van der Waals surface area contributed by atoms with Crippen LogP contribution in [-0.4, -0.2) is 25.1 Å². The number of rotatable bonds is 7. The van der Waals surface area contributed by atoms with Crippen LogP contribution in [-0.2, 0) is 11.2 Å². The largest absolute Gasteiger partial charge is 0.483 e. The van der Waals surface area contributed by atoms with Gasteiger partial charge < -0.3 is 15.8 Å². The van der Waals surface area contributed by atoms with Crippen molar-refractivity contribution in [2.75, 3.05) is 13.2 Å². The maximum Gasteiger partial charge on any atom is 0.258 e. The highest BCUT2D eigenvalue weighted by molar-refractivity contribution is 5.77. The third kappa shape index (κ3) is 5.30. The molecule has 0 saturated carbocycles. The Bertz CT molecular complexity index is 405. The molecule has 0 bridgehead atoms. The predicted octanol–water partition coefficient (Wildman–Crippen LogP) is 1.73. The molecule has 1 aromatic rings. The Morgan fingerprint density at radius 2 is 2.00 bits per heavy atom. The Labute approximate surface area is 115 Å². The lowest BCUT2D eigenvalue weighted by Gasteiger charge is -2.18. The molecule has 3 N–H and O–H groups in total. The first-order valence-corrected chi connectivity index (χ1v) is 6.74. The number of benzene rings is 1. The second kappa shape index (κ2) is 7.79. The standard InChI is InChI=1S/C15H24N2O2/c1-11(2)12(3)17-15(18)10-19-14-7-5-4-6-13(14)8-9-16/h4-7,11-12H,8-10,16H2,1-3H3,(H,17,18). The van der Waals surface area contributed by atoms with Crippen molar-refractivity contribution in [1.29, 1.82) is 0 Å². The van der Waals surface area contributed by atoms with E-state index in [-0.39, 0.29) is 18.6 Å². The average molecular weight is 264 g/mol. The number of ether oxygens (including phenoxy) is 1. The van der Waals surface area contributed by atoms with E-state index in [0.717, 1.165) is 17.7 Å². The van der Waals surface area contributed by atoms with E-state index in [1.807, 2.05) is 31.2 Å². The van der Waals surface area contributed by atoms with E-state index in [2.05, 4.69) is 19.2 Å². The number of hydrogen-bond acceptors (Lipinski definition) is 3. The molecule has 1 amide bonds. The van der Waals surface area contributed by atoms with E-state index in [1.54, 1.807) is 0 Å². The summed E-state index contributed by atoms with van der Waals surface area (Å²) < 4.78 is 5.56. The van der Waals surface area contributed by atoms with E-state index >= 15 is 0 Å². The molecule has 19 heavy (non-hydrogen) atoms. The first-order valence-electron chi connectivity index (χ1n) is 6.74. The number of nitrogens with one attached hydrogen (secondary N) is 1. The van der Waals surface area contributed by atoms with Gasteiger partial charge in [-0.25, -0.2) is 0 Å². The fourth-order valence-electron chi connectivity index (χ4n) is 1.61. The Morgan fingerprint density at radius 3 is 2.63 bits per heavy atom. The summed E-state index contributed by atoms with van der Waals surface area (Å²) >= 11 is 0. The van der Waals surface area contributed by atoms with E-state index in [1.165, 1.54) is 0 Å². The van der Waals surface area contributed by atoms with Crippen molar-refractivity contribution in [3.05, 3.63) is 29.8 Å². The minimum absolute atomic E-state index is 0.0403. The van der Waals surface area contributed by atoms with Crippen molar-refractivity contribution in [3.8, 4) is 5.75 Å². The summed E-state index contributed by atoms with van der Waals surface area (Å²) in [5.41, 5.74) is 6.59. The lowest BCUT2D eigenvalue weighted by molar-refractivity contribution is -0.124. The van der Waals surface area contributed by atoms with Crippen molar-refractivity contribution < 1.29 is 9.53 Å². The molecule has 106 valence electrons. The first kappa shape index (κ1) is 15.5. The smallest absolute Gasteiger partial charge is 0.258 e. The minimum Gasteiger partial charge on any atom is -0.483 e. The summed E-state index contributed by atoms with van der Waals surface area (Å²) in [5.74, 6) is 1.05. The number of amides is 1. The van der Waals surface area contributed by atoms with Crippen LogP contribution in [0.5, 0.6) is 5.75 Å². The Kier molecular flexibility index (Phi) is 6.36. The van der Waals surface area contributed by atoms with Crippen LogP contribution in [0.1, 0.15) is 26.3 Å².